The van der Waals surface area contributed by atoms with E-state index in [1.165, 1.54) is 28.0 Å². The first-order valence-corrected chi connectivity index (χ1v) is 11.6. The number of esters is 1. The van der Waals surface area contributed by atoms with Gasteiger partial charge in [0, 0.05) is 11.4 Å². The summed E-state index contributed by atoms with van der Waals surface area (Å²) in [5.41, 5.74) is 1.59. The molecule has 0 saturated carbocycles. The quantitative estimate of drug-likeness (QED) is 0.292. The van der Waals surface area contributed by atoms with Crippen LogP contribution < -0.4 is 5.32 Å². The highest BCUT2D eigenvalue weighted by Crippen LogP contribution is 2.38. The van der Waals surface area contributed by atoms with Crippen LogP contribution in [0.2, 0.25) is 0 Å². The van der Waals surface area contributed by atoms with Gasteiger partial charge in [0.1, 0.15) is 10.8 Å². The molecule has 3 rings (SSSR count). The molecule has 0 fully saturated rings. The van der Waals surface area contributed by atoms with E-state index in [1.54, 1.807) is 13.0 Å². The molecule has 0 aliphatic heterocycles. The van der Waals surface area contributed by atoms with Crippen molar-refractivity contribution in [1.82, 2.24) is 14.8 Å². The fourth-order valence-electron chi connectivity index (χ4n) is 3.35. The lowest BCUT2D eigenvalue weighted by Crippen LogP contribution is -2.17. The first-order valence-electron chi connectivity index (χ1n) is 9.80. The number of nitrogens with one attached hydrogen (secondary N) is 1. The Labute approximate surface area is 178 Å². The summed E-state index contributed by atoms with van der Waals surface area (Å²) < 4.78 is 7.18. The van der Waals surface area contributed by atoms with Crippen LogP contribution in [0.4, 0.5) is 5.00 Å². The minimum Gasteiger partial charge on any atom is -0.462 e. The monoisotopic (exact) mass is 434 g/mol. The smallest absolute Gasteiger partial charge is 0.341 e. The number of hydrogen-bond acceptors (Lipinski definition) is 7. The van der Waals surface area contributed by atoms with Gasteiger partial charge in [0.15, 0.2) is 5.16 Å². The van der Waals surface area contributed by atoms with Crippen LogP contribution in [0.5, 0.6) is 0 Å². The highest BCUT2D eigenvalue weighted by Gasteiger charge is 2.26. The number of aryl methyl sites for hydroxylation is 2. The first kappa shape index (κ1) is 21.6. The minimum absolute atomic E-state index is 0.178. The van der Waals surface area contributed by atoms with Crippen LogP contribution >= 0.6 is 23.1 Å². The van der Waals surface area contributed by atoms with Crippen molar-refractivity contribution >= 4 is 40.0 Å². The molecule has 0 unspecified atom stereocenters. The Bertz CT molecular complexity index is 904. The number of carbonyl (C=O) groups is 2. The highest BCUT2D eigenvalue weighted by atomic mass is 32.2. The van der Waals surface area contributed by atoms with Crippen molar-refractivity contribution in [2.45, 2.75) is 57.7 Å². The van der Waals surface area contributed by atoms with Crippen LogP contribution in [0, 0.1) is 6.92 Å². The van der Waals surface area contributed by atoms with Crippen molar-refractivity contribution in [3.05, 3.63) is 34.5 Å². The Kier molecular flexibility index (Phi) is 7.49. The SMILES string of the molecule is C=CCn1c(C)nnc1SCC(=O)Nc1sc2c(c1C(=O)OCC)CCCCC2. The second kappa shape index (κ2) is 10.1. The molecule has 9 heteroatoms. The van der Waals surface area contributed by atoms with E-state index in [2.05, 4.69) is 22.1 Å². The lowest BCUT2D eigenvalue weighted by molar-refractivity contribution is -0.113. The molecule has 0 radical (unpaired) electrons. The molecule has 29 heavy (non-hydrogen) atoms. The summed E-state index contributed by atoms with van der Waals surface area (Å²) in [4.78, 5) is 26.4. The molecule has 7 nitrogen and oxygen atoms in total. The summed E-state index contributed by atoms with van der Waals surface area (Å²) >= 11 is 2.82. The van der Waals surface area contributed by atoms with E-state index in [0.717, 1.165) is 43.5 Å². The average Bonchev–Trinajstić information content (AvgIpc) is 3.11. The van der Waals surface area contributed by atoms with Crippen molar-refractivity contribution in [3.8, 4) is 0 Å². The number of ether oxygens (including phenoxy) is 1. The number of allylic oxidation sites excluding steroid dienone is 1. The largest absolute Gasteiger partial charge is 0.462 e. The zero-order valence-electron chi connectivity index (χ0n) is 16.8. The fourth-order valence-corrected chi connectivity index (χ4v) is 5.44. The molecule has 1 aliphatic carbocycles. The Balaban J connectivity index is 1.74. The van der Waals surface area contributed by atoms with Gasteiger partial charge in [0.05, 0.1) is 17.9 Å². The van der Waals surface area contributed by atoms with Gasteiger partial charge in [-0.15, -0.1) is 28.1 Å². The van der Waals surface area contributed by atoms with E-state index in [-0.39, 0.29) is 17.6 Å². The van der Waals surface area contributed by atoms with E-state index in [0.29, 0.717) is 28.9 Å². The number of thiophene rings is 1. The summed E-state index contributed by atoms with van der Waals surface area (Å²) in [5.74, 6) is 0.429. The molecule has 1 aliphatic rings. The van der Waals surface area contributed by atoms with Gasteiger partial charge in [0.25, 0.3) is 0 Å². The van der Waals surface area contributed by atoms with Gasteiger partial charge in [-0.05, 0) is 45.1 Å². The molecule has 1 N–H and O–H groups in total. The minimum atomic E-state index is -0.351. The maximum absolute atomic E-state index is 12.6. The number of hydrogen-bond donors (Lipinski definition) is 1. The zero-order chi connectivity index (χ0) is 20.8. The fraction of sp³-hybridized carbons (Fsp3) is 0.500. The summed E-state index contributed by atoms with van der Waals surface area (Å²) in [5, 5.41) is 12.4. The summed E-state index contributed by atoms with van der Waals surface area (Å²) in [7, 11) is 0. The molecule has 2 heterocycles. The summed E-state index contributed by atoms with van der Waals surface area (Å²) in [6.45, 7) is 8.30. The molecule has 1 amide bonds. The van der Waals surface area contributed by atoms with Crippen molar-refractivity contribution in [1.29, 1.82) is 0 Å². The molecule has 0 saturated heterocycles. The average molecular weight is 435 g/mol. The topological polar surface area (TPSA) is 86.1 Å². The number of amides is 1. The van der Waals surface area contributed by atoms with Crippen molar-refractivity contribution in [2.24, 2.45) is 0 Å². The zero-order valence-corrected chi connectivity index (χ0v) is 18.5. The molecular formula is C20H26N4O3S2. The van der Waals surface area contributed by atoms with Crippen LogP contribution in [-0.4, -0.2) is 39.0 Å². The normalized spacial score (nSPS) is 13.4. The third-order valence-corrected chi connectivity index (χ3v) is 6.87. The maximum atomic E-state index is 12.6. The van der Waals surface area contributed by atoms with Crippen LogP contribution in [0.25, 0.3) is 0 Å². The van der Waals surface area contributed by atoms with Crippen LogP contribution in [0.3, 0.4) is 0 Å². The molecule has 0 aromatic carbocycles. The van der Waals surface area contributed by atoms with Gasteiger partial charge in [-0.1, -0.05) is 24.3 Å². The van der Waals surface area contributed by atoms with E-state index in [4.69, 9.17) is 4.74 Å². The standard InChI is InChI=1S/C20H26N4O3S2/c1-4-11-24-13(3)22-23-20(24)28-12-16(25)21-18-17(19(26)27-5-2)14-9-7-6-8-10-15(14)29-18/h4H,1,5-12H2,2-3H3,(H,21,25). The van der Waals surface area contributed by atoms with Crippen molar-refractivity contribution < 1.29 is 14.3 Å². The number of fused-ring (bicyclic) bond motifs is 1. The third kappa shape index (κ3) is 5.08. The van der Waals surface area contributed by atoms with Gasteiger partial charge in [-0.25, -0.2) is 4.79 Å². The van der Waals surface area contributed by atoms with Gasteiger partial charge in [-0.2, -0.15) is 0 Å². The van der Waals surface area contributed by atoms with Crippen LogP contribution in [0.15, 0.2) is 17.8 Å². The molecular weight excluding hydrogens is 408 g/mol. The summed E-state index contributed by atoms with van der Waals surface area (Å²) in [6.07, 6.45) is 6.89. The number of rotatable bonds is 8. The molecule has 2 aromatic heterocycles. The van der Waals surface area contributed by atoms with E-state index in [9.17, 15) is 9.59 Å². The van der Waals surface area contributed by atoms with Crippen LogP contribution in [0.1, 0.15) is 52.8 Å². The lowest BCUT2D eigenvalue weighted by Gasteiger charge is -2.09. The van der Waals surface area contributed by atoms with E-state index in [1.807, 2.05) is 11.5 Å². The second-order valence-corrected chi connectivity index (χ2v) is 8.80. The van der Waals surface area contributed by atoms with Crippen molar-refractivity contribution in [3.63, 3.8) is 0 Å². The van der Waals surface area contributed by atoms with Gasteiger partial charge < -0.3 is 14.6 Å². The Morgan fingerprint density at radius 1 is 1.31 bits per heavy atom. The second-order valence-electron chi connectivity index (χ2n) is 6.75. The molecule has 156 valence electrons. The Hall–Kier alpha value is -2.13. The number of nitrogens with zero attached hydrogens (tertiary/aromatic N) is 3. The maximum Gasteiger partial charge on any atom is 0.341 e. The van der Waals surface area contributed by atoms with E-state index < -0.39 is 0 Å². The number of thioether (sulfide) groups is 1. The predicted molar refractivity (Wildman–Crippen MR) is 116 cm³/mol. The molecule has 0 spiro atoms. The number of carbonyl (C=O) groups excluding carboxylic acids is 2. The Morgan fingerprint density at radius 2 is 2.10 bits per heavy atom. The molecule has 0 atom stereocenters. The molecule has 2 aromatic rings. The summed E-state index contributed by atoms with van der Waals surface area (Å²) in [6, 6.07) is 0. The Morgan fingerprint density at radius 3 is 2.86 bits per heavy atom. The number of anilines is 1. The van der Waals surface area contributed by atoms with E-state index >= 15 is 0 Å². The van der Waals surface area contributed by atoms with Gasteiger partial charge in [-0.3, -0.25) is 4.79 Å². The lowest BCUT2D eigenvalue weighted by atomic mass is 10.1. The van der Waals surface area contributed by atoms with Gasteiger partial charge in [0.2, 0.25) is 5.91 Å². The van der Waals surface area contributed by atoms with Gasteiger partial charge >= 0.3 is 5.97 Å². The highest BCUT2D eigenvalue weighted by molar-refractivity contribution is 7.99. The van der Waals surface area contributed by atoms with Crippen molar-refractivity contribution in [2.75, 3.05) is 17.7 Å². The molecule has 0 bridgehead atoms. The first-order chi connectivity index (χ1) is 14.0. The third-order valence-electron chi connectivity index (χ3n) is 4.70. The number of aromatic nitrogens is 3. The predicted octanol–water partition coefficient (Wildman–Crippen LogP) is 4.01. The van der Waals surface area contributed by atoms with Crippen LogP contribution in [-0.2, 0) is 28.9 Å².